The molecular weight excluding hydrogens is 653 g/mol. The van der Waals surface area contributed by atoms with Gasteiger partial charge in [0, 0.05) is 50.6 Å². The average molecular weight is 712 g/mol. The van der Waals surface area contributed by atoms with Crippen molar-refractivity contribution in [2.45, 2.75) is 129 Å². The Labute approximate surface area is 310 Å². The van der Waals surface area contributed by atoms with Gasteiger partial charge in [0.1, 0.15) is 5.75 Å². The zero-order valence-corrected chi connectivity index (χ0v) is 32.6. The zero-order valence-electron chi connectivity index (χ0n) is 32.6. The number of imide groups is 1. The molecule has 1 aromatic heterocycles. The Hall–Kier alpha value is -3.41. The van der Waals surface area contributed by atoms with Crippen molar-refractivity contribution in [2.75, 3.05) is 31.1 Å². The second kappa shape index (κ2) is 14.1. The highest BCUT2D eigenvalue weighted by molar-refractivity contribution is 6.62. The Kier molecular flexibility index (Phi) is 10.0. The van der Waals surface area contributed by atoms with E-state index in [-0.39, 0.29) is 41.8 Å². The fraction of sp³-hybridized carbons (Fsp3) is 0.634. The van der Waals surface area contributed by atoms with Crippen LogP contribution < -0.4 is 20.4 Å². The van der Waals surface area contributed by atoms with Crippen molar-refractivity contribution >= 4 is 41.0 Å². The van der Waals surface area contributed by atoms with Gasteiger partial charge in [0.15, 0.2) is 0 Å². The number of carbonyl (C=O) groups is 2. The van der Waals surface area contributed by atoms with Gasteiger partial charge in [-0.15, -0.1) is 0 Å². The van der Waals surface area contributed by atoms with Crippen LogP contribution in [0.1, 0.15) is 110 Å². The van der Waals surface area contributed by atoms with E-state index in [0.717, 1.165) is 84.0 Å². The van der Waals surface area contributed by atoms with E-state index < -0.39 is 5.92 Å². The summed E-state index contributed by atoms with van der Waals surface area (Å²) in [6.45, 7) is 19.2. The van der Waals surface area contributed by atoms with Gasteiger partial charge in [0.2, 0.25) is 11.8 Å². The molecule has 0 spiro atoms. The van der Waals surface area contributed by atoms with Crippen LogP contribution in [0.15, 0.2) is 36.4 Å². The number of benzene rings is 2. The Bertz CT molecular complexity index is 1790. The lowest BCUT2D eigenvalue weighted by Crippen LogP contribution is -2.54. The highest BCUT2D eigenvalue weighted by atomic mass is 16.7. The van der Waals surface area contributed by atoms with Crippen molar-refractivity contribution in [3.8, 4) is 5.75 Å². The topological polar surface area (TPSA) is 98.2 Å². The van der Waals surface area contributed by atoms with Crippen LogP contribution in [0, 0.1) is 12.8 Å². The molecule has 1 N–H and O–H groups in total. The number of rotatable bonds is 9. The third-order valence-corrected chi connectivity index (χ3v) is 13.0. The molecule has 0 bridgehead atoms. The molecule has 1 aliphatic carbocycles. The van der Waals surface area contributed by atoms with Crippen LogP contribution in [0.25, 0.3) is 10.9 Å². The number of carbonyl (C=O) groups excluding carboxylic acids is 2. The van der Waals surface area contributed by atoms with E-state index >= 15 is 0 Å². The number of piperidine rings is 1. The maximum atomic E-state index is 12.7. The van der Waals surface area contributed by atoms with Crippen LogP contribution in [0.3, 0.4) is 0 Å². The summed E-state index contributed by atoms with van der Waals surface area (Å²) < 4.78 is 21.3. The van der Waals surface area contributed by atoms with Gasteiger partial charge in [-0.05, 0) is 122 Å². The molecule has 4 heterocycles. The normalized spacial score (nSPS) is 25.5. The number of hydrogen-bond acceptors (Lipinski definition) is 8. The van der Waals surface area contributed by atoms with Crippen LogP contribution in [0.5, 0.6) is 5.75 Å². The van der Waals surface area contributed by atoms with Gasteiger partial charge >= 0.3 is 7.12 Å². The molecule has 10 nitrogen and oxygen atoms in total. The summed E-state index contributed by atoms with van der Waals surface area (Å²) in [5.41, 5.74) is 4.55. The van der Waals surface area contributed by atoms with E-state index in [2.05, 4.69) is 100.0 Å². The first kappa shape index (κ1) is 36.9. The summed E-state index contributed by atoms with van der Waals surface area (Å²) in [6, 6.07) is 12.6. The summed E-state index contributed by atoms with van der Waals surface area (Å²) in [5, 5.41) is 8.32. The number of aromatic nitrogens is 2. The molecule has 4 aliphatic rings. The number of nitrogens with zero attached hydrogens (tertiary/aromatic N) is 4. The second-order valence-electron chi connectivity index (χ2n) is 17.3. The van der Waals surface area contributed by atoms with Gasteiger partial charge in [-0.25, -0.2) is 0 Å². The van der Waals surface area contributed by atoms with Gasteiger partial charge in [0.05, 0.1) is 40.1 Å². The smallest absolute Gasteiger partial charge is 0.490 e. The van der Waals surface area contributed by atoms with E-state index in [0.29, 0.717) is 12.8 Å². The Balaban J connectivity index is 0.901. The molecule has 7 rings (SSSR count). The fourth-order valence-electron chi connectivity index (χ4n) is 8.78. The van der Waals surface area contributed by atoms with Crippen molar-refractivity contribution in [2.24, 2.45) is 13.0 Å². The minimum Gasteiger partial charge on any atom is -0.490 e. The number of aryl methyl sites for hydroxylation is 1. The highest BCUT2D eigenvalue weighted by Gasteiger charge is 2.52. The quantitative estimate of drug-likeness (QED) is 0.213. The van der Waals surface area contributed by atoms with E-state index in [4.69, 9.17) is 19.1 Å². The molecule has 2 aromatic carbocycles. The Morgan fingerprint density at radius 3 is 2.29 bits per heavy atom. The number of piperazine rings is 1. The van der Waals surface area contributed by atoms with Crippen molar-refractivity contribution in [1.29, 1.82) is 0 Å². The molecule has 3 aliphatic heterocycles. The van der Waals surface area contributed by atoms with Gasteiger partial charge < -0.3 is 18.9 Å². The van der Waals surface area contributed by atoms with Crippen molar-refractivity contribution in [3.63, 3.8) is 0 Å². The van der Waals surface area contributed by atoms with Crippen LogP contribution in [-0.4, -0.2) is 82.6 Å². The summed E-state index contributed by atoms with van der Waals surface area (Å²) >= 11 is 0. The van der Waals surface area contributed by atoms with Crippen molar-refractivity contribution < 1.29 is 23.6 Å². The Morgan fingerprint density at radius 2 is 1.62 bits per heavy atom. The molecule has 280 valence electrons. The summed E-state index contributed by atoms with van der Waals surface area (Å²) in [4.78, 5) is 29.6. The molecule has 3 saturated heterocycles. The van der Waals surface area contributed by atoms with Crippen molar-refractivity contribution in [1.82, 2.24) is 20.0 Å². The monoisotopic (exact) mass is 711 g/mol. The van der Waals surface area contributed by atoms with Gasteiger partial charge in [-0.1, -0.05) is 24.3 Å². The lowest BCUT2D eigenvalue weighted by Gasteiger charge is -2.45. The van der Waals surface area contributed by atoms with Crippen LogP contribution in [-0.2, 0) is 25.9 Å². The van der Waals surface area contributed by atoms with Crippen molar-refractivity contribution in [3.05, 3.63) is 47.7 Å². The largest absolute Gasteiger partial charge is 0.495 e. The van der Waals surface area contributed by atoms with E-state index in [1.165, 1.54) is 25.7 Å². The molecule has 3 aromatic rings. The molecular formula is C41H58BN5O5. The van der Waals surface area contributed by atoms with E-state index in [1.807, 2.05) is 11.7 Å². The summed E-state index contributed by atoms with van der Waals surface area (Å²) in [7, 11) is 1.58. The fourth-order valence-corrected chi connectivity index (χ4v) is 8.78. The Morgan fingerprint density at radius 1 is 0.942 bits per heavy atom. The minimum absolute atomic E-state index is 0.127. The molecule has 1 saturated carbocycles. The number of ether oxygens (including phenoxy) is 1. The first-order valence-electron chi connectivity index (χ1n) is 19.5. The molecule has 2 amide bonds. The van der Waals surface area contributed by atoms with Crippen LogP contribution in [0.4, 0.5) is 5.69 Å². The lowest BCUT2D eigenvalue weighted by molar-refractivity contribution is -0.134. The second-order valence-corrected chi connectivity index (χ2v) is 17.3. The van der Waals surface area contributed by atoms with Crippen LogP contribution >= 0.6 is 0 Å². The number of anilines is 1. The van der Waals surface area contributed by atoms with Crippen LogP contribution in [0.2, 0.25) is 0 Å². The summed E-state index contributed by atoms with van der Waals surface area (Å²) in [5.74, 6) is 0.845. The average Bonchev–Trinajstić information content (AvgIpc) is 3.55. The number of fused-ring (bicyclic) bond motifs is 1. The van der Waals surface area contributed by atoms with E-state index in [9.17, 15) is 9.59 Å². The minimum atomic E-state index is -0.397. The third kappa shape index (κ3) is 7.13. The first-order chi connectivity index (χ1) is 24.6. The SMILES string of the molecule is Cc1c(O[C@H]2CC[C@H](CCC(C)(C)N3CCN(c4cccc5c(C6CCC(=O)NC6=O)nn(C)c45)CC3)CC2)cccc1B1OC(C)(C)C(C)(C)O1. The molecule has 11 heteroatoms. The first-order valence-corrected chi connectivity index (χ1v) is 19.5. The molecule has 52 heavy (non-hydrogen) atoms. The third-order valence-electron chi connectivity index (χ3n) is 13.0. The van der Waals surface area contributed by atoms with Gasteiger partial charge in [-0.2, -0.15) is 5.10 Å². The molecule has 1 unspecified atom stereocenters. The highest BCUT2D eigenvalue weighted by Crippen LogP contribution is 2.39. The molecule has 4 fully saturated rings. The molecule has 0 radical (unpaired) electrons. The maximum Gasteiger partial charge on any atom is 0.495 e. The number of amides is 2. The standard InChI is InChI=1S/C41H58BN5O5/c1-27-32(42-51-40(4,5)41(6,7)52-42)12-10-14-34(27)50-29-17-15-28(16-18-29)21-22-39(2,3)47-25-23-46(24-26-47)33-13-9-11-30-36(44-45(8)37(30)33)31-19-20-35(48)43-38(31)49/h9-14,28-29,31H,15-26H2,1-8H3,(H,43,48,49)/t28-,29-,31?. The predicted octanol–water partition coefficient (Wildman–Crippen LogP) is 6.02. The zero-order chi connectivity index (χ0) is 37.0. The number of hydrogen-bond donors (Lipinski definition) is 1. The van der Waals surface area contributed by atoms with Gasteiger partial charge in [-0.3, -0.25) is 24.5 Å². The lowest BCUT2D eigenvalue weighted by atomic mass is 9.76. The number of para-hydroxylation sites is 1. The van der Waals surface area contributed by atoms with Gasteiger partial charge in [0.25, 0.3) is 0 Å². The van der Waals surface area contributed by atoms with E-state index in [1.54, 1.807) is 0 Å². The predicted molar refractivity (Wildman–Crippen MR) is 206 cm³/mol. The molecule has 1 atom stereocenters. The number of nitrogens with one attached hydrogen (secondary N) is 1. The summed E-state index contributed by atoms with van der Waals surface area (Å²) in [6.07, 6.45) is 8.13. The maximum absolute atomic E-state index is 12.7.